The van der Waals surface area contributed by atoms with Crippen LogP contribution in [0.2, 0.25) is 0 Å². The van der Waals surface area contributed by atoms with Crippen LogP contribution in [-0.4, -0.2) is 24.0 Å². The van der Waals surface area contributed by atoms with Crippen molar-refractivity contribution in [1.29, 1.82) is 0 Å². The fourth-order valence-corrected chi connectivity index (χ4v) is 2.39. The van der Waals surface area contributed by atoms with Crippen molar-refractivity contribution in [3.05, 3.63) is 23.7 Å². The predicted octanol–water partition coefficient (Wildman–Crippen LogP) is 4.43. The second-order valence-electron chi connectivity index (χ2n) is 6.72. The van der Waals surface area contributed by atoms with E-state index in [-0.39, 0.29) is 0 Å². The third kappa shape index (κ3) is 7.68. The number of nitrogens with zero attached hydrogens (tertiary/aromatic N) is 1. The van der Waals surface area contributed by atoms with E-state index < -0.39 is 0 Å². The molecule has 1 aromatic heterocycles. The first-order chi connectivity index (χ1) is 10.0. The number of hydrogen-bond acceptors (Lipinski definition) is 3. The largest absolute Gasteiger partial charge is 0.468 e. The Labute approximate surface area is 131 Å². The molecule has 21 heavy (non-hydrogen) atoms. The lowest BCUT2D eigenvalue weighted by Crippen LogP contribution is -2.31. The highest BCUT2D eigenvalue weighted by Crippen LogP contribution is 2.14. The SMILES string of the molecule is CCCCCN(Cc1cc(CNCC(C)C)co1)C(C)C. The van der Waals surface area contributed by atoms with Gasteiger partial charge in [0.15, 0.2) is 0 Å². The summed E-state index contributed by atoms with van der Waals surface area (Å²) >= 11 is 0. The van der Waals surface area contributed by atoms with Crippen molar-refractivity contribution in [3.63, 3.8) is 0 Å². The maximum absolute atomic E-state index is 5.73. The maximum Gasteiger partial charge on any atom is 0.118 e. The summed E-state index contributed by atoms with van der Waals surface area (Å²) in [6.07, 6.45) is 5.76. The second-order valence-corrected chi connectivity index (χ2v) is 6.72. The fraction of sp³-hybridized carbons (Fsp3) is 0.778. The van der Waals surface area contributed by atoms with Gasteiger partial charge in [0.1, 0.15) is 5.76 Å². The zero-order valence-corrected chi connectivity index (χ0v) is 14.6. The third-order valence-electron chi connectivity index (χ3n) is 3.73. The molecular weight excluding hydrogens is 260 g/mol. The first-order valence-electron chi connectivity index (χ1n) is 8.54. The lowest BCUT2D eigenvalue weighted by Gasteiger charge is -2.25. The van der Waals surface area contributed by atoms with Gasteiger partial charge in [-0.05, 0) is 45.3 Å². The molecule has 0 bridgehead atoms. The highest BCUT2D eigenvalue weighted by atomic mass is 16.3. The molecule has 1 aromatic rings. The molecule has 0 spiro atoms. The van der Waals surface area contributed by atoms with Crippen LogP contribution >= 0.6 is 0 Å². The van der Waals surface area contributed by atoms with Gasteiger partial charge in [0.2, 0.25) is 0 Å². The second kappa shape index (κ2) is 10.0. The number of unbranched alkanes of at least 4 members (excludes halogenated alkanes) is 2. The minimum Gasteiger partial charge on any atom is -0.468 e. The Bertz CT molecular complexity index is 371. The predicted molar refractivity (Wildman–Crippen MR) is 90.3 cm³/mol. The Hall–Kier alpha value is -0.800. The number of furan rings is 1. The van der Waals surface area contributed by atoms with E-state index in [0.29, 0.717) is 12.0 Å². The van der Waals surface area contributed by atoms with E-state index in [1.807, 2.05) is 6.26 Å². The molecule has 3 nitrogen and oxygen atoms in total. The molecule has 0 saturated heterocycles. The molecule has 0 radical (unpaired) electrons. The Balaban J connectivity index is 2.42. The fourth-order valence-electron chi connectivity index (χ4n) is 2.39. The van der Waals surface area contributed by atoms with Gasteiger partial charge >= 0.3 is 0 Å². The zero-order chi connectivity index (χ0) is 15.7. The van der Waals surface area contributed by atoms with Gasteiger partial charge in [-0.1, -0.05) is 33.6 Å². The summed E-state index contributed by atoms with van der Waals surface area (Å²) in [5, 5.41) is 3.46. The summed E-state index contributed by atoms with van der Waals surface area (Å²) in [5.74, 6) is 1.77. The Kier molecular flexibility index (Phi) is 8.70. The summed E-state index contributed by atoms with van der Waals surface area (Å²) in [6.45, 7) is 15.3. The van der Waals surface area contributed by atoms with Crippen molar-refractivity contribution in [1.82, 2.24) is 10.2 Å². The normalized spacial score (nSPS) is 12.0. The van der Waals surface area contributed by atoms with Gasteiger partial charge < -0.3 is 9.73 Å². The van der Waals surface area contributed by atoms with Crippen LogP contribution in [0.15, 0.2) is 16.7 Å². The first kappa shape index (κ1) is 18.2. The van der Waals surface area contributed by atoms with Crippen LogP contribution in [0.1, 0.15) is 65.2 Å². The van der Waals surface area contributed by atoms with Crippen LogP contribution in [0, 0.1) is 5.92 Å². The zero-order valence-electron chi connectivity index (χ0n) is 14.6. The van der Waals surface area contributed by atoms with E-state index in [1.54, 1.807) is 0 Å². The van der Waals surface area contributed by atoms with E-state index in [0.717, 1.165) is 31.9 Å². The monoisotopic (exact) mass is 294 g/mol. The Morgan fingerprint density at radius 1 is 1.19 bits per heavy atom. The molecule has 0 aromatic carbocycles. The minimum atomic E-state index is 0.564. The van der Waals surface area contributed by atoms with Crippen LogP contribution in [0.4, 0.5) is 0 Å². The topological polar surface area (TPSA) is 28.4 Å². The lowest BCUT2D eigenvalue weighted by molar-refractivity contribution is 0.192. The van der Waals surface area contributed by atoms with Gasteiger partial charge in [0.25, 0.3) is 0 Å². The Morgan fingerprint density at radius 2 is 1.95 bits per heavy atom. The molecule has 0 aliphatic rings. The van der Waals surface area contributed by atoms with Crippen LogP contribution in [-0.2, 0) is 13.1 Å². The van der Waals surface area contributed by atoms with Gasteiger partial charge in [-0.2, -0.15) is 0 Å². The minimum absolute atomic E-state index is 0.564. The van der Waals surface area contributed by atoms with Gasteiger partial charge in [-0.15, -0.1) is 0 Å². The van der Waals surface area contributed by atoms with Gasteiger partial charge in [-0.25, -0.2) is 0 Å². The van der Waals surface area contributed by atoms with Crippen molar-refractivity contribution >= 4 is 0 Å². The molecule has 0 saturated carbocycles. The average Bonchev–Trinajstić information content (AvgIpc) is 2.85. The molecule has 0 fully saturated rings. The molecule has 122 valence electrons. The summed E-state index contributed by atoms with van der Waals surface area (Å²) in [6, 6.07) is 2.76. The van der Waals surface area contributed by atoms with Crippen LogP contribution < -0.4 is 5.32 Å². The van der Waals surface area contributed by atoms with E-state index in [2.05, 4.69) is 50.9 Å². The molecular formula is C18H34N2O. The third-order valence-corrected chi connectivity index (χ3v) is 3.73. The van der Waals surface area contributed by atoms with E-state index in [1.165, 1.54) is 24.8 Å². The van der Waals surface area contributed by atoms with Crippen molar-refractivity contribution in [2.75, 3.05) is 13.1 Å². The van der Waals surface area contributed by atoms with Crippen molar-refractivity contribution in [2.24, 2.45) is 5.92 Å². The molecule has 0 aliphatic carbocycles. The number of hydrogen-bond donors (Lipinski definition) is 1. The highest BCUT2D eigenvalue weighted by Gasteiger charge is 2.12. The van der Waals surface area contributed by atoms with Crippen LogP contribution in [0.3, 0.4) is 0 Å². The molecule has 0 unspecified atom stereocenters. The average molecular weight is 294 g/mol. The van der Waals surface area contributed by atoms with E-state index in [4.69, 9.17) is 4.42 Å². The maximum atomic E-state index is 5.73. The van der Waals surface area contributed by atoms with Crippen molar-refractivity contribution in [3.8, 4) is 0 Å². The molecule has 1 rings (SSSR count). The molecule has 0 atom stereocenters. The first-order valence-corrected chi connectivity index (χ1v) is 8.54. The van der Waals surface area contributed by atoms with Crippen LogP contribution in [0.5, 0.6) is 0 Å². The van der Waals surface area contributed by atoms with Gasteiger partial charge in [-0.3, -0.25) is 4.90 Å². The quantitative estimate of drug-likeness (QED) is 0.612. The summed E-state index contributed by atoms with van der Waals surface area (Å²) < 4.78 is 5.73. The number of rotatable bonds is 11. The Morgan fingerprint density at radius 3 is 2.57 bits per heavy atom. The number of nitrogens with one attached hydrogen (secondary N) is 1. The standard InChI is InChI=1S/C18H34N2O/c1-6-7-8-9-20(16(4)5)13-18-10-17(14-21-18)12-19-11-15(2)3/h10,14-16,19H,6-9,11-13H2,1-5H3. The van der Waals surface area contributed by atoms with Crippen molar-refractivity contribution < 1.29 is 4.42 Å². The molecule has 0 aliphatic heterocycles. The van der Waals surface area contributed by atoms with Crippen LogP contribution in [0.25, 0.3) is 0 Å². The molecule has 0 amide bonds. The van der Waals surface area contributed by atoms with Gasteiger partial charge in [0, 0.05) is 18.2 Å². The van der Waals surface area contributed by atoms with Crippen molar-refractivity contribution in [2.45, 2.75) is 73.0 Å². The summed E-state index contributed by atoms with van der Waals surface area (Å²) in [5.41, 5.74) is 1.25. The molecule has 3 heteroatoms. The summed E-state index contributed by atoms with van der Waals surface area (Å²) in [7, 11) is 0. The molecule has 1 N–H and O–H groups in total. The van der Waals surface area contributed by atoms with E-state index in [9.17, 15) is 0 Å². The molecule has 1 heterocycles. The van der Waals surface area contributed by atoms with Gasteiger partial charge in [0.05, 0.1) is 12.8 Å². The highest BCUT2D eigenvalue weighted by molar-refractivity contribution is 5.12. The smallest absolute Gasteiger partial charge is 0.118 e. The lowest BCUT2D eigenvalue weighted by atomic mass is 10.2. The van der Waals surface area contributed by atoms with E-state index >= 15 is 0 Å². The summed E-state index contributed by atoms with van der Waals surface area (Å²) in [4.78, 5) is 2.50.